The Morgan fingerprint density at radius 2 is 2.20 bits per heavy atom. The third-order valence-corrected chi connectivity index (χ3v) is 3.18. The Balaban J connectivity index is 1.88. The molecule has 0 radical (unpaired) electrons. The van der Waals surface area contributed by atoms with Gasteiger partial charge in [0.1, 0.15) is 0 Å². The lowest BCUT2D eigenvalue weighted by molar-refractivity contribution is 0.254. The maximum atomic E-state index is 2.61. The summed E-state index contributed by atoms with van der Waals surface area (Å²) < 4.78 is 0. The van der Waals surface area contributed by atoms with Crippen molar-refractivity contribution in [2.45, 2.75) is 44.7 Å². The number of hydrogen-bond acceptors (Lipinski definition) is 1. The van der Waals surface area contributed by atoms with Crippen LogP contribution < -0.4 is 0 Å². The van der Waals surface area contributed by atoms with E-state index in [0.29, 0.717) is 0 Å². The minimum atomic E-state index is 0.939. The largest absolute Gasteiger partial charge is 0.300 e. The Kier molecular flexibility index (Phi) is 1.48. The number of nitrogens with zero attached hydrogens (tertiary/aromatic N) is 1. The molecule has 3 unspecified atom stereocenters. The van der Waals surface area contributed by atoms with Gasteiger partial charge in [0.2, 0.25) is 0 Å². The van der Waals surface area contributed by atoms with Crippen molar-refractivity contribution < 1.29 is 0 Å². The fourth-order valence-electron chi connectivity index (χ4n) is 2.42. The van der Waals surface area contributed by atoms with Gasteiger partial charge in [-0.3, -0.25) is 0 Å². The van der Waals surface area contributed by atoms with Gasteiger partial charge in [-0.25, -0.2) is 0 Å². The molecule has 58 valence electrons. The van der Waals surface area contributed by atoms with E-state index in [2.05, 4.69) is 18.9 Å². The van der Waals surface area contributed by atoms with Gasteiger partial charge in [-0.05, 0) is 32.2 Å². The Morgan fingerprint density at radius 3 is 2.70 bits per heavy atom. The molecule has 2 rings (SSSR count). The summed E-state index contributed by atoms with van der Waals surface area (Å²) >= 11 is 0. The molecule has 1 nitrogen and oxygen atoms in total. The molecule has 2 fully saturated rings. The van der Waals surface area contributed by atoms with E-state index >= 15 is 0 Å². The van der Waals surface area contributed by atoms with Crippen molar-refractivity contribution in [3.8, 4) is 0 Å². The average Bonchev–Trinajstić information content (AvgIpc) is 2.60. The first-order valence-electron chi connectivity index (χ1n) is 4.55. The molecule has 0 aromatic heterocycles. The van der Waals surface area contributed by atoms with Gasteiger partial charge in [0, 0.05) is 12.1 Å². The highest BCUT2D eigenvalue weighted by molar-refractivity contribution is 5.03. The smallest absolute Gasteiger partial charge is 0.0128 e. The van der Waals surface area contributed by atoms with Crippen LogP contribution in [-0.2, 0) is 0 Å². The summed E-state index contributed by atoms with van der Waals surface area (Å²) in [5.74, 6) is 1.10. The molecule has 1 saturated carbocycles. The van der Waals surface area contributed by atoms with Crippen LogP contribution in [0.5, 0.6) is 0 Å². The fourth-order valence-corrected chi connectivity index (χ4v) is 2.42. The van der Waals surface area contributed by atoms with Crippen LogP contribution in [0, 0.1) is 5.92 Å². The van der Waals surface area contributed by atoms with Crippen LogP contribution in [0.2, 0.25) is 0 Å². The molecule has 3 atom stereocenters. The minimum absolute atomic E-state index is 0.939. The Morgan fingerprint density at radius 1 is 1.40 bits per heavy atom. The molecule has 0 aromatic rings. The zero-order valence-corrected chi connectivity index (χ0v) is 7.01. The van der Waals surface area contributed by atoms with E-state index in [1.807, 2.05) is 0 Å². The zero-order valence-electron chi connectivity index (χ0n) is 7.01. The van der Waals surface area contributed by atoms with Crippen molar-refractivity contribution in [1.29, 1.82) is 0 Å². The lowest BCUT2D eigenvalue weighted by Crippen LogP contribution is -2.28. The first-order valence-corrected chi connectivity index (χ1v) is 4.55. The molecule has 1 heterocycles. The minimum Gasteiger partial charge on any atom is -0.300 e. The summed E-state index contributed by atoms with van der Waals surface area (Å²) in [5, 5.41) is 0. The molecule has 0 bridgehead atoms. The van der Waals surface area contributed by atoms with E-state index in [-0.39, 0.29) is 0 Å². The van der Waals surface area contributed by atoms with Crippen LogP contribution in [0.1, 0.15) is 32.6 Å². The zero-order chi connectivity index (χ0) is 7.14. The van der Waals surface area contributed by atoms with Crippen LogP contribution in [0.3, 0.4) is 0 Å². The van der Waals surface area contributed by atoms with Gasteiger partial charge in [0.05, 0.1) is 0 Å². The van der Waals surface area contributed by atoms with Gasteiger partial charge in [-0.15, -0.1) is 0 Å². The molecule has 0 amide bonds. The van der Waals surface area contributed by atoms with Gasteiger partial charge in [-0.1, -0.05) is 13.3 Å². The Bertz CT molecular complexity index is 133. The highest BCUT2D eigenvalue weighted by atomic mass is 15.2. The van der Waals surface area contributed by atoms with Crippen molar-refractivity contribution >= 4 is 0 Å². The predicted molar refractivity (Wildman–Crippen MR) is 43.0 cm³/mol. The second kappa shape index (κ2) is 2.23. The van der Waals surface area contributed by atoms with Crippen LogP contribution in [0.15, 0.2) is 0 Å². The molecule has 1 aliphatic heterocycles. The van der Waals surface area contributed by atoms with Gasteiger partial charge in [0.25, 0.3) is 0 Å². The molecule has 1 aliphatic carbocycles. The fraction of sp³-hybridized carbons (Fsp3) is 1.00. The first kappa shape index (κ1) is 6.66. The highest BCUT2D eigenvalue weighted by Crippen LogP contribution is 2.47. The number of rotatable bonds is 2. The lowest BCUT2D eigenvalue weighted by atomic mass is 10.1. The Labute approximate surface area is 63.4 Å². The maximum Gasteiger partial charge on any atom is 0.0128 e. The maximum absolute atomic E-state index is 2.61. The van der Waals surface area contributed by atoms with Crippen molar-refractivity contribution in [2.75, 3.05) is 7.05 Å². The molecular weight excluding hydrogens is 122 g/mol. The second-order valence-electron chi connectivity index (χ2n) is 3.91. The average molecular weight is 139 g/mol. The van der Waals surface area contributed by atoms with Crippen LogP contribution >= 0.6 is 0 Å². The topological polar surface area (TPSA) is 3.24 Å². The van der Waals surface area contributed by atoms with Crippen molar-refractivity contribution in [1.82, 2.24) is 4.90 Å². The van der Waals surface area contributed by atoms with E-state index in [9.17, 15) is 0 Å². The Hall–Kier alpha value is -0.0400. The number of hydrogen-bond donors (Lipinski definition) is 0. The van der Waals surface area contributed by atoms with E-state index in [0.717, 1.165) is 18.0 Å². The normalized spacial score (nSPS) is 45.6. The molecule has 0 spiro atoms. The van der Waals surface area contributed by atoms with Crippen molar-refractivity contribution in [3.05, 3.63) is 0 Å². The first-order chi connectivity index (χ1) is 4.83. The summed E-state index contributed by atoms with van der Waals surface area (Å²) in [6.45, 7) is 2.29. The molecule has 0 aromatic carbocycles. The molecule has 0 N–H and O–H groups in total. The van der Waals surface area contributed by atoms with E-state index in [1.54, 1.807) is 0 Å². The summed E-state index contributed by atoms with van der Waals surface area (Å²) in [7, 11) is 2.30. The predicted octanol–water partition coefficient (Wildman–Crippen LogP) is 1.88. The second-order valence-corrected chi connectivity index (χ2v) is 3.91. The van der Waals surface area contributed by atoms with Gasteiger partial charge in [0.15, 0.2) is 0 Å². The van der Waals surface area contributed by atoms with Crippen molar-refractivity contribution in [3.63, 3.8) is 0 Å². The molecule has 2 aliphatic rings. The quantitative estimate of drug-likeness (QED) is 0.564. The lowest BCUT2D eigenvalue weighted by Gasteiger charge is -2.21. The number of piperidine rings is 1. The van der Waals surface area contributed by atoms with Gasteiger partial charge in [-0.2, -0.15) is 0 Å². The standard InChI is InChI=1S/C9H17N/c1-3-4-8-5-7-6-9(7)10(8)2/h7-9H,3-6H2,1-2H3. The van der Waals surface area contributed by atoms with E-state index in [1.165, 1.54) is 25.7 Å². The third kappa shape index (κ3) is 0.878. The van der Waals surface area contributed by atoms with Gasteiger partial charge < -0.3 is 4.90 Å². The summed E-state index contributed by atoms with van der Waals surface area (Å²) in [6, 6.07) is 1.94. The molecular formula is C9H17N. The molecule has 1 saturated heterocycles. The monoisotopic (exact) mass is 139 g/mol. The number of likely N-dealkylation sites (tertiary alicyclic amines) is 1. The van der Waals surface area contributed by atoms with E-state index in [4.69, 9.17) is 0 Å². The van der Waals surface area contributed by atoms with Crippen molar-refractivity contribution in [2.24, 2.45) is 5.92 Å². The highest BCUT2D eigenvalue weighted by Gasteiger charge is 2.49. The third-order valence-electron chi connectivity index (χ3n) is 3.18. The summed E-state index contributed by atoms with van der Waals surface area (Å²) in [5.41, 5.74) is 0. The van der Waals surface area contributed by atoms with Crippen LogP contribution in [0.4, 0.5) is 0 Å². The number of fused-ring (bicyclic) bond motifs is 1. The van der Waals surface area contributed by atoms with Crippen LogP contribution in [0.25, 0.3) is 0 Å². The molecule has 10 heavy (non-hydrogen) atoms. The van der Waals surface area contributed by atoms with E-state index < -0.39 is 0 Å². The van der Waals surface area contributed by atoms with Gasteiger partial charge >= 0.3 is 0 Å². The SMILES string of the molecule is CCCC1CC2CC2N1C. The summed E-state index contributed by atoms with van der Waals surface area (Å²) in [4.78, 5) is 2.61. The summed E-state index contributed by atoms with van der Waals surface area (Å²) in [6.07, 6.45) is 5.77. The van der Waals surface area contributed by atoms with Crippen LogP contribution in [-0.4, -0.2) is 24.0 Å². The molecule has 1 heteroatoms.